The number of aromatic nitrogens is 3. The van der Waals surface area contributed by atoms with E-state index in [1.807, 2.05) is 19.3 Å². The molecule has 2 aliphatic rings. The third kappa shape index (κ3) is 5.61. The SMILES string of the molecule is CC[C@@H]1CC(Oc2ncc(C3CCC(O)CC3)c3nc(N[C@@H](C)COC)ncc23)C[C@H](C)N1C. The fourth-order valence-electron chi connectivity index (χ4n) is 5.56. The van der Waals surface area contributed by atoms with E-state index >= 15 is 0 Å². The molecular formula is C26H41N5O3. The minimum atomic E-state index is -0.197. The molecule has 4 atom stereocenters. The minimum absolute atomic E-state index is 0.0972. The summed E-state index contributed by atoms with van der Waals surface area (Å²) in [5.41, 5.74) is 2.03. The first kappa shape index (κ1) is 25.1. The number of piperidine rings is 1. The lowest BCUT2D eigenvalue weighted by Gasteiger charge is -2.41. The number of nitrogens with zero attached hydrogens (tertiary/aromatic N) is 4. The van der Waals surface area contributed by atoms with E-state index in [2.05, 4.69) is 36.1 Å². The van der Waals surface area contributed by atoms with Gasteiger partial charge in [-0.3, -0.25) is 0 Å². The molecule has 4 rings (SSSR count). The molecule has 2 fully saturated rings. The Morgan fingerprint density at radius 1 is 1.18 bits per heavy atom. The molecule has 1 aliphatic carbocycles. The van der Waals surface area contributed by atoms with Crippen molar-refractivity contribution in [1.29, 1.82) is 0 Å². The van der Waals surface area contributed by atoms with Gasteiger partial charge in [-0.05, 0) is 71.8 Å². The summed E-state index contributed by atoms with van der Waals surface area (Å²) in [4.78, 5) is 16.8. The Morgan fingerprint density at radius 2 is 1.94 bits per heavy atom. The number of fused-ring (bicyclic) bond motifs is 1. The highest BCUT2D eigenvalue weighted by atomic mass is 16.5. The van der Waals surface area contributed by atoms with Gasteiger partial charge in [0.15, 0.2) is 0 Å². The second-order valence-electron chi connectivity index (χ2n) is 10.3. The zero-order chi connectivity index (χ0) is 24.2. The number of ether oxygens (including phenoxy) is 2. The van der Waals surface area contributed by atoms with Crippen molar-refractivity contribution in [3.63, 3.8) is 0 Å². The van der Waals surface area contributed by atoms with Crippen molar-refractivity contribution in [1.82, 2.24) is 19.9 Å². The molecule has 0 bridgehead atoms. The normalized spacial score (nSPS) is 29.2. The van der Waals surface area contributed by atoms with Gasteiger partial charge in [0.25, 0.3) is 0 Å². The van der Waals surface area contributed by atoms with Gasteiger partial charge in [-0.1, -0.05) is 6.92 Å². The summed E-state index contributed by atoms with van der Waals surface area (Å²) in [5, 5.41) is 14.2. The summed E-state index contributed by atoms with van der Waals surface area (Å²) in [6.07, 6.45) is 10.3. The average molecular weight is 472 g/mol. The minimum Gasteiger partial charge on any atom is -0.474 e. The second kappa shape index (κ2) is 11.1. The molecule has 8 heteroatoms. The van der Waals surface area contributed by atoms with Gasteiger partial charge in [-0.2, -0.15) is 0 Å². The highest BCUT2D eigenvalue weighted by Gasteiger charge is 2.32. The fraction of sp³-hybridized carbons (Fsp3) is 0.731. The van der Waals surface area contributed by atoms with Crippen LogP contribution in [0.1, 0.15) is 77.2 Å². The van der Waals surface area contributed by atoms with Gasteiger partial charge in [-0.25, -0.2) is 15.0 Å². The first-order chi connectivity index (χ1) is 16.4. The number of nitrogens with one attached hydrogen (secondary N) is 1. The number of aliphatic hydroxyl groups excluding tert-OH is 1. The largest absolute Gasteiger partial charge is 0.474 e. The summed E-state index contributed by atoms with van der Waals surface area (Å²) >= 11 is 0. The number of pyridine rings is 1. The van der Waals surface area contributed by atoms with Crippen LogP contribution in [0.5, 0.6) is 5.88 Å². The van der Waals surface area contributed by atoms with Gasteiger partial charge in [-0.15, -0.1) is 0 Å². The lowest BCUT2D eigenvalue weighted by Crippen LogP contribution is -2.48. The zero-order valence-electron chi connectivity index (χ0n) is 21.3. The smallest absolute Gasteiger partial charge is 0.224 e. The van der Waals surface area contributed by atoms with E-state index in [9.17, 15) is 5.11 Å². The second-order valence-corrected chi connectivity index (χ2v) is 10.3. The Bertz CT molecular complexity index is 949. The van der Waals surface area contributed by atoms with Crippen molar-refractivity contribution in [2.24, 2.45) is 0 Å². The van der Waals surface area contributed by atoms with Crippen LogP contribution in [0.25, 0.3) is 10.9 Å². The van der Waals surface area contributed by atoms with Crippen LogP contribution in [0.2, 0.25) is 0 Å². The predicted molar refractivity (Wildman–Crippen MR) is 134 cm³/mol. The Hall–Kier alpha value is -2.03. The molecule has 2 aromatic heterocycles. The number of hydrogen-bond acceptors (Lipinski definition) is 8. The average Bonchev–Trinajstić information content (AvgIpc) is 2.82. The van der Waals surface area contributed by atoms with E-state index in [4.69, 9.17) is 19.4 Å². The highest BCUT2D eigenvalue weighted by molar-refractivity contribution is 5.86. The summed E-state index contributed by atoms with van der Waals surface area (Å²) in [6.45, 7) is 7.14. The molecule has 3 heterocycles. The van der Waals surface area contributed by atoms with Gasteiger partial charge in [0.1, 0.15) is 6.10 Å². The third-order valence-electron chi connectivity index (χ3n) is 7.70. The lowest BCUT2D eigenvalue weighted by atomic mass is 9.83. The predicted octanol–water partition coefficient (Wildman–Crippen LogP) is 4.13. The molecule has 188 valence electrons. The van der Waals surface area contributed by atoms with Gasteiger partial charge < -0.3 is 24.8 Å². The van der Waals surface area contributed by atoms with Crippen LogP contribution in [0, 0.1) is 0 Å². The van der Waals surface area contributed by atoms with Crippen LogP contribution < -0.4 is 10.1 Å². The van der Waals surface area contributed by atoms with Crippen LogP contribution in [0.4, 0.5) is 5.95 Å². The van der Waals surface area contributed by atoms with Crippen LogP contribution >= 0.6 is 0 Å². The molecule has 1 saturated heterocycles. The van der Waals surface area contributed by atoms with E-state index < -0.39 is 0 Å². The van der Waals surface area contributed by atoms with E-state index in [0.29, 0.717) is 36.4 Å². The van der Waals surface area contributed by atoms with Crippen LogP contribution in [0.15, 0.2) is 12.4 Å². The van der Waals surface area contributed by atoms with E-state index in [-0.39, 0.29) is 18.2 Å². The molecule has 2 N–H and O–H groups in total. The number of anilines is 1. The Kier molecular flexibility index (Phi) is 8.22. The maximum atomic E-state index is 10.0. The molecule has 1 unspecified atom stereocenters. The topological polar surface area (TPSA) is 92.6 Å². The van der Waals surface area contributed by atoms with Crippen molar-refractivity contribution < 1.29 is 14.6 Å². The number of hydrogen-bond donors (Lipinski definition) is 2. The Balaban J connectivity index is 1.65. The first-order valence-corrected chi connectivity index (χ1v) is 12.9. The lowest BCUT2D eigenvalue weighted by molar-refractivity contribution is 0.0330. The number of aliphatic hydroxyl groups is 1. The number of rotatable bonds is 8. The van der Waals surface area contributed by atoms with Crippen molar-refractivity contribution in [3.8, 4) is 5.88 Å². The summed E-state index contributed by atoms with van der Waals surface area (Å²) in [6, 6.07) is 1.08. The molecule has 0 amide bonds. The van der Waals surface area contributed by atoms with Crippen LogP contribution in [-0.4, -0.2) is 76.1 Å². The third-order valence-corrected chi connectivity index (χ3v) is 7.70. The standard InChI is InChI=1S/C26H41N5O3/c1-6-19-12-21(11-17(3)31(19)4)34-25-23-14-28-26(29-16(2)15-33-5)30-24(23)22(13-27-25)18-7-9-20(32)10-8-18/h13-14,16-21,32H,6-12,15H2,1-5H3,(H,28,29,30)/t16-,17-,18?,19+,20?,21?/m0/s1. The van der Waals surface area contributed by atoms with Gasteiger partial charge in [0, 0.05) is 43.2 Å². The maximum absolute atomic E-state index is 10.0. The van der Waals surface area contributed by atoms with Crippen molar-refractivity contribution in [3.05, 3.63) is 18.0 Å². The quantitative estimate of drug-likeness (QED) is 0.594. The molecule has 0 spiro atoms. The Labute approximate surface area is 203 Å². The van der Waals surface area contributed by atoms with E-state index in [1.54, 1.807) is 7.11 Å². The molecule has 2 aromatic rings. The molecule has 0 aromatic carbocycles. The van der Waals surface area contributed by atoms with Gasteiger partial charge in [0.05, 0.1) is 23.6 Å². The monoisotopic (exact) mass is 471 g/mol. The molecule has 34 heavy (non-hydrogen) atoms. The molecule has 1 aliphatic heterocycles. The molecular weight excluding hydrogens is 430 g/mol. The fourth-order valence-corrected chi connectivity index (χ4v) is 5.56. The number of likely N-dealkylation sites (tertiary alicyclic amines) is 1. The summed E-state index contributed by atoms with van der Waals surface area (Å²) in [5.74, 6) is 1.55. The number of methoxy groups -OCH3 is 1. The van der Waals surface area contributed by atoms with Crippen molar-refractivity contribution in [2.45, 2.75) is 102 Å². The summed E-state index contributed by atoms with van der Waals surface area (Å²) in [7, 11) is 3.91. The van der Waals surface area contributed by atoms with Gasteiger partial charge in [0.2, 0.25) is 11.8 Å². The van der Waals surface area contributed by atoms with Crippen molar-refractivity contribution in [2.75, 3.05) is 26.1 Å². The van der Waals surface area contributed by atoms with E-state index in [1.165, 1.54) is 0 Å². The van der Waals surface area contributed by atoms with Crippen LogP contribution in [-0.2, 0) is 4.74 Å². The zero-order valence-corrected chi connectivity index (χ0v) is 21.3. The maximum Gasteiger partial charge on any atom is 0.224 e. The molecule has 8 nitrogen and oxygen atoms in total. The van der Waals surface area contributed by atoms with E-state index in [0.717, 1.165) is 61.4 Å². The first-order valence-electron chi connectivity index (χ1n) is 12.9. The molecule has 0 radical (unpaired) electrons. The van der Waals surface area contributed by atoms with Crippen LogP contribution in [0.3, 0.4) is 0 Å². The van der Waals surface area contributed by atoms with Crippen molar-refractivity contribution >= 4 is 16.9 Å². The highest BCUT2D eigenvalue weighted by Crippen LogP contribution is 2.38. The van der Waals surface area contributed by atoms with Gasteiger partial charge >= 0.3 is 0 Å². The summed E-state index contributed by atoms with van der Waals surface area (Å²) < 4.78 is 11.8. The molecule has 1 saturated carbocycles. The Morgan fingerprint density at radius 3 is 2.65 bits per heavy atom.